The number of rotatable bonds is 4. The summed E-state index contributed by atoms with van der Waals surface area (Å²) in [5.41, 5.74) is 6.82. The highest BCUT2D eigenvalue weighted by molar-refractivity contribution is 5.94. The first-order chi connectivity index (χ1) is 17.3. The number of primary amides is 1. The molecule has 3 aliphatic heterocycles. The lowest BCUT2D eigenvalue weighted by Crippen LogP contribution is -2.62. The van der Waals surface area contributed by atoms with Crippen LogP contribution in [0.4, 0.5) is 4.79 Å². The van der Waals surface area contributed by atoms with Crippen LogP contribution in [-0.2, 0) is 20.8 Å². The highest BCUT2D eigenvalue weighted by atomic mass is 16.5. The number of amides is 5. The third-order valence-corrected chi connectivity index (χ3v) is 6.98. The Balaban J connectivity index is 0.000000297. The lowest BCUT2D eigenvalue weighted by Gasteiger charge is -2.38. The molecule has 0 spiro atoms. The maximum Gasteiger partial charge on any atom is 0.317 e. The molecule has 3 unspecified atom stereocenters. The largest absolute Gasteiger partial charge is 0.493 e. The van der Waals surface area contributed by atoms with Crippen LogP contribution < -0.4 is 26.4 Å². The van der Waals surface area contributed by atoms with Gasteiger partial charge in [-0.25, -0.2) is 4.79 Å². The van der Waals surface area contributed by atoms with Crippen LogP contribution in [0.5, 0.6) is 5.75 Å². The zero-order chi connectivity index (χ0) is 26.2. The number of fused-ring (bicyclic) bond motifs is 2. The number of carbonyl (C=O) groups is 4. The first-order valence-electron chi connectivity index (χ1n) is 12.5. The lowest BCUT2D eigenvalue weighted by atomic mass is 10.1. The first kappa shape index (κ1) is 27.3. The highest BCUT2D eigenvalue weighted by Crippen LogP contribution is 2.29. The molecule has 0 bridgehead atoms. The fraction of sp³-hybridized carbons (Fsp3) is 0.600. The smallest absolute Gasteiger partial charge is 0.317 e. The van der Waals surface area contributed by atoms with E-state index in [0.29, 0.717) is 25.8 Å². The minimum absolute atomic E-state index is 0.0371. The molecule has 2 saturated heterocycles. The van der Waals surface area contributed by atoms with E-state index in [1.54, 1.807) is 14.0 Å². The van der Waals surface area contributed by atoms with Gasteiger partial charge in [0.05, 0.1) is 19.2 Å². The van der Waals surface area contributed by atoms with Crippen LogP contribution >= 0.6 is 0 Å². The van der Waals surface area contributed by atoms with Gasteiger partial charge in [0, 0.05) is 19.6 Å². The second-order valence-corrected chi connectivity index (χ2v) is 9.32. The second kappa shape index (κ2) is 12.6. The highest BCUT2D eigenvalue weighted by Gasteiger charge is 2.44. The molecule has 0 aromatic heterocycles. The van der Waals surface area contributed by atoms with Crippen molar-refractivity contribution < 1.29 is 23.9 Å². The van der Waals surface area contributed by atoms with Crippen LogP contribution in [0, 0.1) is 0 Å². The normalized spacial score (nSPS) is 24.0. The first-order valence-corrected chi connectivity index (χ1v) is 12.5. The molecule has 11 heteroatoms. The average Bonchev–Trinajstić information content (AvgIpc) is 3.32. The Labute approximate surface area is 212 Å². The van der Waals surface area contributed by atoms with Gasteiger partial charge in [-0.3, -0.25) is 14.4 Å². The van der Waals surface area contributed by atoms with E-state index < -0.39 is 24.0 Å². The number of ether oxygens (including phenoxy) is 1. The number of benzene rings is 1. The summed E-state index contributed by atoms with van der Waals surface area (Å²) in [6, 6.07) is 5.67. The molecule has 4 rings (SSSR count). The van der Waals surface area contributed by atoms with Crippen molar-refractivity contribution >= 4 is 23.8 Å². The van der Waals surface area contributed by atoms with Crippen molar-refractivity contribution in [2.75, 3.05) is 33.8 Å². The number of carbonyl (C=O) groups excluding carboxylic acids is 4. The van der Waals surface area contributed by atoms with Crippen molar-refractivity contribution in [3.05, 3.63) is 29.8 Å². The molecular weight excluding hydrogens is 464 g/mol. The van der Waals surface area contributed by atoms with E-state index in [9.17, 15) is 19.2 Å². The minimum Gasteiger partial charge on any atom is -0.493 e. The molecule has 2 fully saturated rings. The number of nitrogens with zero attached hydrogens (tertiary/aromatic N) is 2. The monoisotopic (exact) mass is 502 g/mol. The van der Waals surface area contributed by atoms with Gasteiger partial charge in [-0.05, 0) is 57.7 Å². The number of hydrogen-bond donors (Lipinski definition) is 4. The molecule has 4 atom stereocenters. The van der Waals surface area contributed by atoms with Gasteiger partial charge in [0.25, 0.3) is 0 Å². The van der Waals surface area contributed by atoms with Gasteiger partial charge >= 0.3 is 6.03 Å². The van der Waals surface area contributed by atoms with Crippen LogP contribution in [0.1, 0.15) is 38.2 Å². The molecule has 198 valence electrons. The average molecular weight is 503 g/mol. The number of nitrogens with two attached hydrogens (primary N) is 1. The van der Waals surface area contributed by atoms with Crippen molar-refractivity contribution in [2.24, 2.45) is 5.73 Å². The maximum absolute atomic E-state index is 13.1. The van der Waals surface area contributed by atoms with Crippen molar-refractivity contribution in [1.82, 2.24) is 25.8 Å². The Morgan fingerprint density at radius 3 is 2.56 bits per heavy atom. The molecule has 1 aromatic carbocycles. The van der Waals surface area contributed by atoms with E-state index in [0.717, 1.165) is 18.8 Å². The van der Waals surface area contributed by atoms with Crippen molar-refractivity contribution in [2.45, 2.75) is 63.2 Å². The molecule has 0 aliphatic carbocycles. The fourth-order valence-electron chi connectivity index (χ4n) is 4.83. The third kappa shape index (κ3) is 6.45. The van der Waals surface area contributed by atoms with Crippen LogP contribution in [0.15, 0.2) is 24.3 Å². The number of likely N-dealkylation sites (N-methyl/N-ethyl adjacent to an activating group) is 1. The van der Waals surface area contributed by atoms with Gasteiger partial charge in [0.15, 0.2) is 0 Å². The van der Waals surface area contributed by atoms with Crippen LogP contribution in [0.2, 0.25) is 0 Å². The zero-order valence-corrected chi connectivity index (χ0v) is 21.3. The van der Waals surface area contributed by atoms with E-state index in [2.05, 4.69) is 28.1 Å². The topological polar surface area (TPSA) is 146 Å². The number of hydrogen-bond acceptors (Lipinski definition) is 6. The summed E-state index contributed by atoms with van der Waals surface area (Å²) in [7, 11) is 3.16. The number of aryl methyl sites for hydroxylation is 1. The predicted molar refractivity (Wildman–Crippen MR) is 134 cm³/mol. The summed E-state index contributed by atoms with van der Waals surface area (Å²) < 4.78 is 5.42. The van der Waals surface area contributed by atoms with E-state index in [4.69, 9.17) is 10.5 Å². The fourth-order valence-corrected chi connectivity index (χ4v) is 4.83. The van der Waals surface area contributed by atoms with Crippen molar-refractivity contribution in [3.8, 4) is 5.75 Å². The molecular formula is C25H38N6O5. The number of nitrogens with one attached hydrogen (secondary N) is 3. The summed E-state index contributed by atoms with van der Waals surface area (Å²) in [4.78, 5) is 52.3. The van der Waals surface area contributed by atoms with E-state index in [-0.39, 0.29) is 30.4 Å². The van der Waals surface area contributed by atoms with Crippen molar-refractivity contribution in [1.29, 1.82) is 0 Å². The summed E-state index contributed by atoms with van der Waals surface area (Å²) in [5, 5.41) is 8.07. The van der Waals surface area contributed by atoms with E-state index >= 15 is 0 Å². The molecule has 5 amide bonds. The van der Waals surface area contributed by atoms with E-state index in [1.807, 2.05) is 12.1 Å². The Morgan fingerprint density at radius 2 is 1.89 bits per heavy atom. The second-order valence-electron chi connectivity index (χ2n) is 9.32. The van der Waals surface area contributed by atoms with Gasteiger partial charge in [0.2, 0.25) is 17.7 Å². The Kier molecular flexibility index (Phi) is 9.51. The van der Waals surface area contributed by atoms with Crippen LogP contribution in [-0.4, -0.2) is 91.5 Å². The summed E-state index contributed by atoms with van der Waals surface area (Å²) in [6.45, 7) is 3.02. The minimum atomic E-state index is -0.932. The molecule has 0 radical (unpaired) electrons. The van der Waals surface area contributed by atoms with Gasteiger partial charge < -0.3 is 36.2 Å². The van der Waals surface area contributed by atoms with E-state index in [1.165, 1.54) is 28.8 Å². The molecule has 1 aromatic rings. The maximum atomic E-state index is 13.1. The quantitative estimate of drug-likeness (QED) is 0.455. The summed E-state index contributed by atoms with van der Waals surface area (Å²) >= 11 is 0. The van der Waals surface area contributed by atoms with Gasteiger partial charge in [-0.15, -0.1) is 0 Å². The zero-order valence-electron chi connectivity index (χ0n) is 21.3. The molecule has 11 nitrogen and oxygen atoms in total. The Morgan fingerprint density at radius 1 is 1.14 bits per heavy atom. The number of para-hydroxylation sites is 1. The number of urea groups is 1. The van der Waals surface area contributed by atoms with Gasteiger partial charge in [-0.1, -0.05) is 18.2 Å². The van der Waals surface area contributed by atoms with Crippen LogP contribution in [0.25, 0.3) is 0 Å². The molecule has 0 saturated carbocycles. The van der Waals surface area contributed by atoms with Gasteiger partial charge in [-0.2, -0.15) is 0 Å². The molecule has 3 aliphatic rings. The summed E-state index contributed by atoms with van der Waals surface area (Å²) in [5.74, 6) is -0.191. The third-order valence-electron chi connectivity index (χ3n) is 6.98. The van der Waals surface area contributed by atoms with Crippen molar-refractivity contribution in [3.63, 3.8) is 0 Å². The Hall–Kier alpha value is -3.34. The molecule has 5 N–H and O–H groups in total. The Bertz CT molecular complexity index is 932. The predicted octanol–water partition coefficient (Wildman–Crippen LogP) is -0.0193. The SMILES string of the molecule is CNC(=O)N1CCC2CCC(C(N)=O)N2C(=O)C(NC(=O)[C@H](C)NC)C1.c1ccc2c(c1)CCCO2. The summed E-state index contributed by atoms with van der Waals surface area (Å²) in [6.07, 6.45) is 4.05. The van der Waals surface area contributed by atoms with Crippen LogP contribution in [0.3, 0.4) is 0 Å². The van der Waals surface area contributed by atoms with Gasteiger partial charge in [0.1, 0.15) is 17.8 Å². The molecule has 36 heavy (non-hydrogen) atoms. The molecule has 3 heterocycles. The standard InChI is InChI=1S/C16H28N6O4.C9H10O/c1-9(18-2)14(24)20-11-8-21(16(26)19-3)7-6-10-4-5-12(13(17)23)22(10)15(11)25;1-2-6-9-8(4-1)5-3-7-10-9/h9-12,18H,4-8H2,1-3H3,(H2,17,23)(H,19,26)(H,20,24);1-2,4,6H,3,5,7H2/t9-,10?,11?,12?;/m0./s1. The lowest BCUT2D eigenvalue weighted by molar-refractivity contribution is -0.144.